The fourth-order valence-electron chi connectivity index (χ4n) is 2.14. The molecule has 0 aromatic heterocycles. The second kappa shape index (κ2) is 12.0. The second-order valence-corrected chi connectivity index (χ2v) is 6.34. The smallest absolute Gasteiger partial charge is 0.414 e. The summed E-state index contributed by atoms with van der Waals surface area (Å²) in [5, 5.41) is 4.88. The van der Waals surface area contributed by atoms with Crippen LogP contribution in [0.2, 0.25) is 0 Å². The van der Waals surface area contributed by atoms with E-state index in [0.717, 1.165) is 16.7 Å². The number of rotatable bonds is 6. The molecule has 0 aliphatic heterocycles. The molecule has 0 radical (unpaired) electrons. The Hall–Kier alpha value is -3.61. The molecule has 2 aromatic rings. The van der Waals surface area contributed by atoms with Crippen LogP contribution in [0.25, 0.3) is 0 Å². The van der Waals surface area contributed by atoms with Gasteiger partial charge in [0.25, 0.3) is 0 Å². The minimum Gasteiger partial charge on any atom is -0.444 e. The largest absolute Gasteiger partial charge is 0.444 e. The first-order valence-corrected chi connectivity index (χ1v) is 9.16. The highest BCUT2D eigenvalue weighted by molar-refractivity contribution is 6.01. The lowest BCUT2D eigenvalue weighted by molar-refractivity contribution is 0.141. The van der Waals surface area contributed by atoms with Crippen LogP contribution in [0.3, 0.4) is 0 Å². The van der Waals surface area contributed by atoms with Gasteiger partial charge in [0.2, 0.25) is 5.96 Å². The van der Waals surface area contributed by atoms with Crippen LogP contribution >= 0.6 is 0 Å². The van der Waals surface area contributed by atoms with Gasteiger partial charge >= 0.3 is 12.2 Å². The first-order valence-electron chi connectivity index (χ1n) is 9.16. The van der Waals surface area contributed by atoms with E-state index in [4.69, 9.17) is 9.47 Å². The molecule has 2 aromatic carbocycles. The molecule has 0 unspecified atom stereocenters. The van der Waals surface area contributed by atoms with Crippen molar-refractivity contribution in [1.29, 1.82) is 0 Å². The number of allylic oxidation sites excluding steroid dienone is 1. The van der Waals surface area contributed by atoms with E-state index in [1.807, 2.05) is 80.6 Å². The Balaban J connectivity index is 1.90. The van der Waals surface area contributed by atoms with Gasteiger partial charge in [-0.05, 0) is 25.0 Å². The zero-order chi connectivity index (χ0) is 20.9. The topological polar surface area (TPSA) is 89.0 Å². The molecule has 29 heavy (non-hydrogen) atoms. The monoisotopic (exact) mass is 395 g/mol. The Bertz CT molecular complexity index is 785. The van der Waals surface area contributed by atoms with Gasteiger partial charge in [-0.2, -0.15) is 0 Å². The van der Waals surface area contributed by atoms with E-state index in [-0.39, 0.29) is 25.7 Å². The van der Waals surface area contributed by atoms with Crippen molar-refractivity contribution < 1.29 is 19.1 Å². The summed E-state index contributed by atoms with van der Waals surface area (Å²) < 4.78 is 10.3. The normalized spacial score (nSPS) is 9.72. The SMILES string of the molecule is CC(C)=CCN=C(NC(=O)OCc1ccccc1)NC(=O)OCc1ccccc1. The molecule has 0 spiro atoms. The van der Waals surface area contributed by atoms with Crippen molar-refractivity contribution in [1.82, 2.24) is 10.6 Å². The van der Waals surface area contributed by atoms with Gasteiger partial charge in [-0.25, -0.2) is 14.6 Å². The number of hydrogen-bond donors (Lipinski definition) is 2. The van der Waals surface area contributed by atoms with Crippen LogP contribution < -0.4 is 10.6 Å². The van der Waals surface area contributed by atoms with E-state index in [9.17, 15) is 9.59 Å². The summed E-state index contributed by atoms with van der Waals surface area (Å²) in [4.78, 5) is 28.3. The predicted octanol–water partition coefficient (Wildman–Crippen LogP) is 4.16. The fraction of sp³-hybridized carbons (Fsp3) is 0.227. The molecule has 0 aliphatic carbocycles. The van der Waals surface area contributed by atoms with Crippen molar-refractivity contribution in [2.75, 3.05) is 6.54 Å². The van der Waals surface area contributed by atoms with Crippen molar-refractivity contribution in [3.8, 4) is 0 Å². The molecular weight excluding hydrogens is 370 g/mol. The zero-order valence-corrected chi connectivity index (χ0v) is 16.6. The Morgan fingerprint density at radius 1 is 0.828 bits per heavy atom. The molecule has 2 rings (SSSR count). The maximum absolute atomic E-state index is 12.1. The van der Waals surface area contributed by atoms with Gasteiger partial charge in [-0.1, -0.05) is 72.3 Å². The summed E-state index contributed by atoms with van der Waals surface area (Å²) in [6, 6.07) is 18.5. The second-order valence-electron chi connectivity index (χ2n) is 6.34. The first-order chi connectivity index (χ1) is 14.0. The van der Waals surface area contributed by atoms with E-state index >= 15 is 0 Å². The van der Waals surface area contributed by atoms with Crippen molar-refractivity contribution in [3.63, 3.8) is 0 Å². The van der Waals surface area contributed by atoms with Crippen LogP contribution in [0.1, 0.15) is 25.0 Å². The molecule has 0 saturated carbocycles. The number of amides is 2. The summed E-state index contributed by atoms with van der Waals surface area (Å²) in [6.07, 6.45) is 0.398. The quantitative estimate of drug-likeness (QED) is 0.437. The van der Waals surface area contributed by atoms with E-state index in [1.54, 1.807) is 0 Å². The molecular formula is C22H25N3O4. The van der Waals surface area contributed by atoms with Crippen molar-refractivity contribution >= 4 is 18.1 Å². The van der Waals surface area contributed by atoms with E-state index in [1.165, 1.54) is 0 Å². The summed E-state index contributed by atoms with van der Waals surface area (Å²) in [6.45, 7) is 4.35. The maximum Gasteiger partial charge on any atom is 0.414 e. The number of hydrogen-bond acceptors (Lipinski definition) is 5. The van der Waals surface area contributed by atoms with E-state index < -0.39 is 12.2 Å². The van der Waals surface area contributed by atoms with Crippen LogP contribution in [-0.4, -0.2) is 24.7 Å². The maximum atomic E-state index is 12.1. The molecule has 152 valence electrons. The average Bonchev–Trinajstić information content (AvgIpc) is 2.72. The lowest BCUT2D eigenvalue weighted by Gasteiger charge is -2.11. The third-order valence-electron chi connectivity index (χ3n) is 3.62. The van der Waals surface area contributed by atoms with Crippen LogP contribution in [0.15, 0.2) is 77.3 Å². The Kier molecular flexibility index (Phi) is 8.95. The molecule has 7 nitrogen and oxygen atoms in total. The van der Waals surface area contributed by atoms with E-state index in [0.29, 0.717) is 0 Å². The first kappa shape index (κ1) is 21.7. The summed E-state index contributed by atoms with van der Waals surface area (Å²) >= 11 is 0. The minimum atomic E-state index is -0.729. The number of benzene rings is 2. The predicted molar refractivity (Wildman–Crippen MR) is 111 cm³/mol. The lowest BCUT2D eigenvalue weighted by Crippen LogP contribution is -2.44. The Labute approximate surface area is 170 Å². The van der Waals surface area contributed by atoms with Crippen molar-refractivity contribution in [3.05, 3.63) is 83.4 Å². The van der Waals surface area contributed by atoms with Gasteiger partial charge in [0.15, 0.2) is 0 Å². The highest BCUT2D eigenvalue weighted by atomic mass is 16.6. The third-order valence-corrected chi connectivity index (χ3v) is 3.62. The van der Waals surface area contributed by atoms with Gasteiger partial charge in [0.05, 0.1) is 6.54 Å². The van der Waals surface area contributed by atoms with Crippen LogP contribution in [0.4, 0.5) is 9.59 Å². The van der Waals surface area contributed by atoms with Crippen LogP contribution in [0.5, 0.6) is 0 Å². The number of alkyl carbamates (subject to hydrolysis) is 2. The lowest BCUT2D eigenvalue weighted by atomic mass is 10.2. The molecule has 0 atom stereocenters. The van der Waals surface area contributed by atoms with Crippen molar-refractivity contribution in [2.24, 2.45) is 4.99 Å². The Morgan fingerprint density at radius 2 is 1.28 bits per heavy atom. The minimum absolute atomic E-state index is 0.0429. The number of nitrogens with zero attached hydrogens (tertiary/aromatic N) is 1. The van der Waals surface area contributed by atoms with E-state index in [2.05, 4.69) is 15.6 Å². The van der Waals surface area contributed by atoms with Gasteiger partial charge in [0.1, 0.15) is 13.2 Å². The fourth-order valence-corrected chi connectivity index (χ4v) is 2.14. The molecule has 2 N–H and O–H groups in total. The summed E-state index contributed by atoms with van der Waals surface area (Å²) in [5.74, 6) is -0.0429. The van der Waals surface area contributed by atoms with Gasteiger partial charge < -0.3 is 9.47 Å². The molecule has 0 saturated heterocycles. The number of aliphatic imine (C=N–C) groups is 1. The highest BCUT2D eigenvalue weighted by Crippen LogP contribution is 2.01. The van der Waals surface area contributed by atoms with Crippen molar-refractivity contribution in [2.45, 2.75) is 27.1 Å². The molecule has 0 aliphatic rings. The number of nitrogens with one attached hydrogen (secondary N) is 2. The number of guanidine groups is 1. The molecule has 7 heteroatoms. The van der Waals surface area contributed by atoms with Crippen LogP contribution in [0, 0.1) is 0 Å². The number of carbonyl (C=O) groups is 2. The molecule has 0 bridgehead atoms. The standard InChI is InChI=1S/C22H25N3O4/c1-17(2)13-14-23-20(24-21(26)28-15-18-9-5-3-6-10-18)25-22(27)29-16-19-11-7-4-8-12-19/h3-13H,14-16H2,1-2H3,(H2,23,24,25,26,27). The molecule has 2 amide bonds. The average molecular weight is 395 g/mol. The molecule has 0 fully saturated rings. The summed E-state index contributed by atoms with van der Waals surface area (Å²) in [7, 11) is 0. The van der Waals surface area contributed by atoms with Gasteiger partial charge in [-0.3, -0.25) is 10.6 Å². The summed E-state index contributed by atoms with van der Waals surface area (Å²) in [5.41, 5.74) is 2.76. The van der Waals surface area contributed by atoms with Gasteiger partial charge in [-0.15, -0.1) is 0 Å². The highest BCUT2D eigenvalue weighted by Gasteiger charge is 2.12. The zero-order valence-electron chi connectivity index (χ0n) is 16.6. The third kappa shape index (κ3) is 9.23. The van der Waals surface area contributed by atoms with Gasteiger partial charge in [0, 0.05) is 0 Å². The number of ether oxygens (including phenoxy) is 2. The van der Waals surface area contributed by atoms with Crippen LogP contribution in [-0.2, 0) is 22.7 Å². The number of carbonyl (C=O) groups excluding carboxylic acids is 2. The molecule has 0 heterocycles. The Morgan fingerprint density at radius 3 is 1.69 bits per heavy atom.